The maximum atomic E-state index is 12.7. The maximum absolute atomic E-state index is 12.7. The third-order valence-corrected chi connectivity index (χ3v) is 5.69. The molecule has 1 aliphatic heterocycles. The number of carbonyl (C=O) groups is 1. The fourth-order valence-electron chi connectivity index (χ4n) is 2.51. The lowest BCUT2D eigenvalue weighted by atomic mass is 10.1. The highest BCUT2D eigenvalue weighted by Crippen LogP contribution is 2.27. The lowest BCUT2D eigenvalue weighted by molar-refractivity contribution is -0.142. The van der Waals surface area contributed by atoms with Gasteiger partial charge in [0.2, 0.25) is 10.0 Å². The SMILES string of the molecule is Cc1ccc(C#N)cc1S(=O)(=O)N1CCCC[C@@H]1C(=O)O. The van der Waals surface area contributed by atoms with Crippen LogP contribution in [0.25, 0.3) is 0 Å². The number of hydrogen-bond donors (Lipinski definition) is 1. The molecular weight excluding hydrogens is 292 g/mol. The number of aliphatic carboxylic acids is 1. The van der Waals surface area contributed by atoms with E-state index >= 15 is 0 Å². The Hall–Kier alpha value is -1.91. The van der Waals surface area contributed by atoms with Crippen molar-refractivity contribution in [3.8, 4) is 6.07 Å². The molecule has 1 aromatic carbocycles. The van der Waals surface area contributed by atoms with Crippen molar-refractivity contribution in [2.24, 2.45) is 0 Å². The van der Waals surface area contributed by atoms with Crippen LogP contribution in [-0.2, 0) is 14.8 Å². The fourth-order valence-corrected chi connectivity index (χ4v) is 4.42. The number of hydrogen-bond acceptors (Lipinski definition) is 4. The molecule has 1 fully saturated rings. The molecule has 0 spiro atoms. The van der Waals surface area contributed by atoms with E-state index in [1.165, 1.54) is 6.07 Å². The molecule has 2 rings (SSSR count). The number of carboxylic acid groups (broad SMARTS) is 1. The van der Waals surface area contributed by atoms with E-state index in [2.05, 4.69) is 0 Å². The molecule has 0 radical (unpaired) electrons. The average molecular weight is 308 g/mol. The minimum atomic E-state index is -3.92. The van der Waals surface area contributed by atoms with Crippen LogP contribution in [0.15, 0.2) is 23.1 Å². The number of aryl methyl sites for hydroxylation is 1. The summed E-state index contributed by atoms with van der Waals surface area (Å²) < 4.78 is 26.5. The average Bonchev–Trinajstić information content (AvgIpc) is 2.47. The lowest BCUT2D eigenvalue weighted by Gasteiger charge is -2.32. The van der Waals surface area contributed by atoms with Crippen LogP contribution >= 0.6 is 0 Å². The van der Waals surface area contributed by atoms with Gasteiger partial charge in [-0.1, -0.05) is 6.07 Å². The van der Waals surface area contributed by atoms with Crippen molar-refractivity contribution in [3.05, 3.63) is 29.3 Å². The van der Waals surface area contributed by atoms with Gasteiger partial charge in [0.15, 0.2) is 0 Å². The summed E-state index contributed by atoms with van der Waals surface area (Å²) in [4.78, 5) is 11.3. The van der Waals surface area contributed by atoms with Crippen molar-refractivity contribution in [1.82, 2.24) is 4.31 Å². The van der Waals surface area contributed by atoms with Crippen molar-refractivity contribution in [2.75, 3.05) is 6.54 Å². The summed E-state index contributed by atoms with van der Waals surface area (Å²) >= 11 is 0. The quantitative estimate of drug-likeness (QED) is 0.912. The molecule has 1 atom stereocenters. The Morgan fingerprint density at radius 3 is 2.76 bits per heavy atom. The Bertz CT molecular complexity index is 706. The van der Waals surface area contributed by atoms with Crippen molar-refractivity contribution < 1.29 is 18.3 Å². The molecule has 0 bridgehead atoms. The number of sulfonamides is 1. The minimum absolute atomic E-state index is 0.00898. The molecule has 112 valence electrons. The van der Waals surface area contributed by atoms with E-state index in [-0.39, 0.29) is 17.0 Å². The minimum Gasteiger partial charge on any atom is -0.480 e. The number of carboxylic acids is 1. The molecule has 0 aliphatic carbocycles. The molecule has 6 nitrogen and oxygen atoms in total. The molecule has 0 amide bonds. The van der Waals surface area contributed by atoms with Crippen molar-refractivity contribution >= 4 is 16.0 Å². The first-order chi connectivity index (χ1) is 9.87. The smallest absolute Gasteiger partial charge is 0.322 e. The summed E-state index contributed by atoms with van der Waals surface area (Å²) in [7, 11) is -3.92. The van der Waals surface area contributed by atoms with E-state index in [1.54, 1.807) is 19.1 Å². The summed E-state index contributed by atoms with van der Waals surface area (Å²) in [6.45, 7) is 1.82. The summed E-state index contributed by atoms with van der Waals surface area (Å²) in [6, 6.07) is 5.28. The van der Waals surface area contributed by atoms with Crippen LogP contribution in [0.5, 0.6) is 0 Å². The van der Waals surface area contributed by atoms with Gasteiger partial charge >= 0.3 is 5.97 Å². The topological polar surface area (TPSA) is 98.5 Å². The van der Waals surface area contributed by atoms with Crippen LogP contribution in [0.1, 0.15) is 30.4 Å². The zero-order valence-electron chi connectivity index (χ0n) is 11.6. The summed E-state index contributed by atoms with van der Waals surface area (Å²) in [5.74, 6) is -1.13. The number of nitriles is 1. The lowest BCUT2D eigenvalue weighted by Crippen LogP contribution is -2.47. The number of rotatable bonds is 3. The third kappa shape index (κ3) is 2.91. The van der Waals surface area contributed by atoms with Gasteiger partial charge in [0, 0.05) is 6.54 Å². The Labute approximate surface area is 123 Å². The molecule has 1 heterocycles. The molecule has 7 heteroatoms. The standard InChI is InChI=1S/C14H16N2O4S/c1-10-5-6-11(9-15)8-13(10)21(19,20)16-7-3-2-4-12(16)14(17)18/h5-6,8,12H,2-4,7H2,1H3,(H,17,18)/t12-/m1/s1. The summed E-state index contributed by atoms with van der Waals surface area (Å²) in [6.07, 6.45) is 1.64. The van der Waals surface area contributed by atoms with Crippen molar-refractivity contribution in [1.29, 1.82) is 5.26 Å². The first kappa shape index (κ1) is 15.5. The highest BCUT2D eigenvalue weighted by Gasteiger charge is 2.38. The highest BCUT2D eigenvalue weighted by atomic mass is 32.2. The van der Waals surface area contributed by atoms with E-state index in [1.807, 2.05) is 6.07 Å². The largest absolute Gasteiger partial charge is 0.480 e. The first-order valence-electron chi connectivity index (χ1n) is 6.63. The first-order valence-corrected chi connectivity index (χ1v) is 8.07. The second-order valence-corrected chi connectivity index (χ2v) is 6.92. The van der Waals surface area contributed by atoms with Gasteiger partial charge in [-0.2, -0.15) is 9.57 Å². The zero-order chi connectivity index (χ0) is 15.6. The molecule has 1 saturated heterocycles. The van der Waals surface area contributed by atoms with Crippen LogP contribution < -0.4 is 0 Å². The molecule has 1 aliphatic rings. The van der Waals surface area contributed by atoms with Gasteiger partial charge in [0.25, 0.3) is 0 Å². The van der Waals surface area contributed by atoms with E-state index in [4.69, 9.17) is 5.26 Å². The normalized spacial score (nSPS) is 19.9. The van der Waals surface area contributed by atoms with Gasteiger partial charge in [0.1, 0.15) is 6.04 Å². The molecule has 21 heavy (non-hydrogen) atoms. The predicted octanol–water partition coefficient (Wildman–Crippen LogP) is 1.49. The monoisotopic (exact) mass is 308 g/mol. The fraction of sp³-hybridized carbons (Fsp3) is 0.429. The van der Waals surface area contributed by atoms with Crippen molar-refractivity contribution in [2.45, 2.75) is 37.1 Å². The molecule has 0 aromatic heterocycles. The van der Waals surface area contributed by atoms with Gasteiger partial charge in [-0.05, 0) is 43.9 Å². The molecule has 1 N–H and O–H groups in total. The van der Waals surface area contributed by atoms with E-state index in [0.717, 1.165) is 4.31 Å². The summed E-state index contributed by atoms with van der Waals surface area (Å²) in [5.41, 5.74) is 0.742. The Kier molecular flexibility index (Phi) is 4.30. The van der Waals surface area contributed by atoms with E-state index in [9.17, 15) is 18.3 Å². The van der Waals surface area contributed by atoms with E-state index < -0.39 is 22.0 Å². The number of nitrogens with zero attached hydrogens (tertiary/aromatic N) is 2. The zero-order valence-corrected chi connectivity index (χ0v) is 12.4. The van der Waals surface area contributed by atoms with Crippen LogP contribution in [0, 0.1) is 18.3 Å². The highest BCUT2D eigenvalue weighted by molar-refractivity contribution is 7.89. The molecule has 1 aromatic rings. The van der Waals surface area contributed by atoms with Crippen LogP contribution in [-0.4, -0.2) is 36.4 Å². The Balaban J connectivity index is 2.50. The molecular formula is C14H16N2O4S. The van der Waals surface area contributed by atoms with Crippen LogP contribution in [0.4, 0.5) is 0 Å². The number of benzene rings is 1. The molecule has 0 unspecified atom stereocenters. The van der Waals surface area contributed by atoms with Gasteiger partial charge < -0.3 is 5.11 Å². The van der Waals surface area contributed by atoms with Crippen LogP contribution in [0.3, 0.4) is 0 Å². The van der Waals surface area contributed by atoms with Gasteiger partial charge in [0.05, 0.1) is 16.5 Å². The Morgan fingerprint density at radius 2 is 2.14 bits per heavy atom. The van der Waals surface area contributed by atoms with E-state index in [0.29, 0.717) is 24.8 Å². The van der Waals surface area contributed by atoms with Crippen LogP contribution in [0.2, 0.25) is 0 Å². The van der Waals surface area contributed by atoms with Crippen molar-refractivity contribution in [3.63, 3.8) is 0 Å². The third-order valence-electron chi connectivity index (χ3n) is 3.64. The summed E-state index contributed by atoms with van der Waals surface area (Å²) in [5, 5.41) is 18.1. The van der Waals surface area contributed by atoms with Gasteiger partial charge in [-0.15, -0.1) is 0 Å². The second-order valence-electron chi connectivity index (χ2n) is 5.06. The number of piperidine rings is 1. The predicted molar refractivity (Wildman–Crippen MR) is 75.1 cm³/mol. The molecule has 0 saturated carbocycles. The van der Waals surface area contributed by atoms with Gasteiger partial charge in [-0.25, -0.2) is 8.42 Å². The maximum Gasteiger partial charge on any atom is 0.322 e. The Morgan fingerprint density at radius 1 is 1.43 bits per heavy atom. The second kappa shape index (κ2) is 5.84. The van der Waals surface area contributed by atoms with Gasteiger partial charge in [-0.3, -0.25) is 4.79 Å².